The van der Waals surface area contributed by atoms with E-state index in [0.717, 1.165) is 22.6 Å². The van der Waals surface area contributed by atoms with Crippen molar-refractivity contribution in [2.75, 3.05) is 19.0 Å². The van der Waals surface area contributed by atoms with E-state index in [-0.39, 0.29) is 24.8 Å². The number of rotatable bonds is 6. The van der Waals surface area contributed by atoms with Gasteiger partial charge in [-0.1, -0.05) is 29.8 Å². The van der Waals surface area contributed by atoms with E-state index in [4.69, 9.17) is 4.74 Å². The predicted molar refractivity (Wildman–Crippen MR) is 97.4 cm³/mol. The van der Waals surface area contributed by atoms with Crippen molar-refractivity contribution in [3.63, 3.8) is 0 Å². The summed E-state index contributed by atoms with van der Waals surface area (Å²) in [4.78, 5) is 23.7. The monoisotopic (exact) mass is 341 g/mol. The molecule has 0 saturated heterocycles. The van der Waals surface area contributed by atoms with Crippen LogP contribution >= 0.6 is 0 Å². The van der Waals surface area contributed by atoms with Gasteiger partial charge < -0.3 is 10.1 Å². The van der Waals surface area contributed by atoms with E-state index in [9.17, 15) is 9.59 Å². The molecule has 2 aromatic carbocycles. The minimum absolute atomic E-state index is 0.0761. The van der Waals surface area contributed by atoms with Crippen molar-refractivity contribution in [1.82, 2.24) is 10.9 Å². The number of anilines is 1. The lowest BCUT2D eigenvalue weighted by Gasteiger charge is -2.11. The molecule has 0 spiro atoms. The fourth-order valence-electron chi connectivity index (χ4n) is 2.34. The van der Waals surface area contributed by atoms with E-state index >= 15 is 0 Å². The molecular formula is C19H23N3O3. The Kier molecular flexibility index (Phi) is 6.39. The van der Waals surface area contributed by atoms with Crippen LogP contribution < -0.4 is 20.9 Å². The number of methoxy groups -OCH3 is 1. The fraction of sp³-hybridized carbons (Fsp3) is 0.263. The van der Waals surface area contributed by atoms with E-state index in [1.54, 1.807) is 19.2 Å². The highest BCUT2D eigenvalue weighted by atomic mass is 16.5. The molecule has 0 aromatic heterocycles. The van der Waals surface area contributed by atoms with Crippen molar-refractivity contribution >= 4 is 17.5 Å². The van der Waals surface area contributed by atoms with Crippen molar-refractivity contribution in [3.05, 3.63) is 59.2 Å². The number of hydrazine groups is 1. The van der Waals surface area contributed by atoms with Gasteiger partial charge in [0.25, 0.3) is 5.91 Å². The Morgan fingerprint density at radius 2 is 1.64 bits per heavy atom. The molecule has 0 saturated carbocycles. The molecular weight excluding hydrogens is 318 g/mol. The maximum absolute atomic E-state index is 11.9. The molecule has 2 amide bonds. The van der Waals surface area contributed by atoms with Crippen LogP contribution in [0, 0.1) is 13.8 Å². The molecule has 0 bridgehead atoms. The standard InChI is InChI=1S/C19H23N3O3/c1-13-4-9-17(14(2)10-13)20-12-19(24)22-21-18(23)11-15-5-7-16(25-3)8-6-15/h4-10,20H,11-12H2,1-3H3,(H,21,23)(H,22,24). The summed E-state index contributed by atoms with van der Waals surface area (Å²) in [6.07, 6.45) is 0.175. The lowest BCUT2D eigenvalue weighted by atomic mass is 10.1. The molecule has 2 rings (SSSR count). The van der Waals surface area contributed by atoms with Crippen LogP contribution in [-0.4, -0.2) is 25.5 Å². The molecule has 0 fully saturated rings. The number of amides is 2. The zero-order chi connectivity index (χ0) is 18.2. The average molecular weight is 341 g/mol. The number of carbonyl (C=O) groups excluding carboxylic acids is 2. The highest BCUT2D eigenvalue weighted by molar-refractivity contribution is 5.85. The zero-order valence-corrected chi connectivity index (χ0v) is 14.7. The predicted octanol–water partition coefficient (Wildman–Crippen LogP) is 2.11. The summed E-state index contributed by atoms with van der Waals surface area (Å²) in [5.74, 6) is 0.128. The summed E-state index contributed by atoms with van der Waals surface area (Å²) in [6, 6.07) is 13.1. The van der Waals surface area contributed by atoms with Gasteiger partial charge >= 0.3 is 0 Å². The summed E-state index contributed by atoms with van der Waals surface area (Å²) in [6.45, 7) is 4.07. The minimum atomic E-state index is -0.317. The quantitative estimate of drug-likeness (QED) is 0.703. The number of hydrogen-bond acceptors (Lipinski definition) is 4. The first-order valence-electron chi connectivity index (χ1n) is 7.99. The molecule has 0 atom stereocenters. The largest absolute Gasteiger partial charge is 0.497 e. The smallest absolute Gasteiger partial charge is 0.257 e. The minimum Gasteiger partial charge on any atom is -0.497 e. The molecule has 132 valence electrons. The molecule has 0 aliphatic heterocycles. The van der Waals surface area contributed by atoms with Crippen molar-refractivity contribution in [1.29, 1.82) is 0 Å². The topological polar surface area (TPSA) is 79.5 Å². The van der Waals surface area contributed by atoms with Gasteiger partial charge in [0.2, 0.25) is 5.91 Å². The second kappa shape index (κ2) is 8.73. The van der Waals surface area contributed by atoms with E-state index in [1.165, 1.54) is 5.56 Å². The second-order valence-corrected chi connectivity index (χ2v) is 5.79. The van der Waals surface area contributed by atoms with Crippen LogP contribution in [0.15, 0.2) is 42.5 Å². The number of ether oxygens (including phenoxy) is 1. The zero-order valence-electron chi connectivity index (χ0n) is 14.7. The van der Waals surface area contributed by atoms with Gasteiger partial charge in [-0.25, -0.2) is 0 Å². The Morgan fingerprint density at radius 3 is 2.28 bits per heavy atom. The maximum atomic E-state index is 11.9. The number of hydrogen-bond donors (Lipinski definition) is 3. The van der Waals surface area contributed by atoms with Crippen LogP contribution in [0.3, 0.4) is 0 Å². The first kappa shape index (κ1) is 18.3. The molecule has 0 unspecified atom stereocenters. The molecule has 2 aromatic rings. The Bertz CT molecular complexity index is 742. The van der Waals surface area contributed by atoms with Crippen LogP contribution in [-0.2, 0) is 16.0 Å². The lowest BCUT2D eigenvalue weighted by Crippen LogP contribution is -2.44. The van der Waals surface area contributed by atoms with Crippen molar-refractivity contribution < 1.29 is 14.3 Å². The Labute approximate surface area is 147 Å². The third kappa shape index (κ3) is 5.84. The van der Waals surface area contributed by atoms with Gasteiger partial charge in [0.1, 0.15) is 5.75 Å². The van der Waals surface area contributed by atoms with E-state index < -0.39 is 0 Å². The van der Waals surface area contributed by atoms with E-state index in [1.807, 2.05) is 44.2 Å². The third-order valence-electron chi connectivity index (χ3n) is 3.69. The van der Waals surface area contributed by atoms with Crippen molar-refractivity contribution in [2.45, 2.75) is 20.3 Å². The SMILES string of the molecule is COc1ccc(CC(=O)NNC(=O)CNc2ccc(C)cc2C)cc1. The molecule has 25 heavy (non-hydrogen) atoms. The molecule has 0 aliphatic carbocycles. The van der Waals surface area contributed by atoms with Crippen LogP contribution in [0.4, 0.5) is 5.69 Å². The highest BCUT2D eigenvalue weighted by Gasteiger charge is 2.07. The number of nitrogens with one attached hydrogen (secondary N) is 3. The molecule has 0 aliphatic rings. The van der Waals surface area contributed by atoms with Crippen molar-refractivity contribution in [3.8, 4) is 5.75 Å². The molecule has 6 nitrogen and oxygen atoms in total. The molecule has 3 N–H and O–H groups in total. The van der Waals surface area contributed by atoms with Crippen LogP contribution in [0.5, 0.6) is 5.75 Å². The van der Waals surface area contributed by atoms with Crippen LogP contribution in [0.2, 0.25) is 0 Å². The number of carbonyl (C=O) groups is 2. The van der Waals surface area contributed by atoms with Gasteiger partial charge in [0, 0.05) is 5.69 Å². The van der Waals surface area contributed by atoms with Gasteiger partial charge in [-0.3, -0.25) is 20.4 Å². The van der Waals surface area contributed by atoms with Gasteiger partial charge in [-0.05, 0) is 43.2 Å². The van der Waals surface area contributed by atoms with E-state index in [0.29, 0.717) is 0 Å². The molecule has 6 heteroatoms. The van der Waals surface area contributed by atoms with Crippen LogP contribution in [0.25, 0.3) is 0 Å². The molecule has 0 heterocycles. The Morgan fingerprint density at radius 1 is 0.960 bits per heavy atom. The van der Waals surface area contributed by atoms with E-state index in [2.05, 4.69) is 16.2 Å². The Balaban J connectivity index is 1.74. The van der Waals surface area contributed by atoms with Crippen molar-refractivity contribution in [2.24, 2.45) is 0 Å². The summed E-state index contributed by atoms with van der Waals surface area (Å²) in [5, 5.41) is 3.05. The summed E-state index contributed by atoms with van der Waals surface area (Å²) >= 11 is 0. The van der Waals surface area contributed by atoms with Crippen LogP contribution in [0.1, 0.15) is 16.7 Å². The molecule has 0 radical (unpaired) electrons. The van der Waals surface area contributed by atoms with Gasteiger partial charge in [-0.15, -0.1) is 0 Å². The van der Waals surface area contributed by atoms with Gasteiger partial charge in [0.05, 0.1) is 20.1 Å². The average Bonchev–Trinajstić information content (AvgIpc) is 2.60. The lowest BCUT2D eigenvalue weighted by molar-refractivity contribution is -0.127. The Hall–Kier alpha value is -3.02. The fourth-order valence-corrected chi connectivity index (χ4v) is 2.34. The van der Waals surface area contributed by atoms with Gasteiger partial charge in [0.15, 0.2) is 0 Å². The summed E-state index contributed by atoms with van der Waals surface area (Å²) < 4.78 is 5.07. The maximum Gasteiger partial charge on any atom is 0.257 e. The van der Waals surface area contributed by atoms with Gasteiger partial charge in [-0.2, -0.15) is 0 Å². The second-order valence-electron chi connectivity index (χ2n) is 5.79. The number of aryl methyl sites for hydroxylation is 2. The highest BCUT2D eigenvalue weighted by Crippen LogP contribution is 2.15. The third-order valence-corrected chi connectivity index (χ3v) is 3.69. The summed E-state index contributed by atoms with van der Waals surface area (Å²) in [7, 11) is 1.59. The first-order chi connectivity index (χ1) is 12.0. The summed E-state index contributed by atoms with van der Waals surface area (Å²) in [5.41, 5.74) is 8.77. The normalized spacial score (nSPS) is 10.0. The number of benzene rings is 2. The first-order valence-corrected chi connectivity index (χ1v) is 7.99.